The van der Waals surface area contributed by atoms with Crippen molar-refractivity contribution in [3.63, 3.8) is 0 Å². The zero-order chi connectivity index (χ0) is 17.8. The van der Waals surface area contributed by atoms with Gasteiger partial charge in [0, 0.05) is 4.88 Å². The maximum absolute atomic E-state index is 12.5. The van der Waals surface area contributed by atoms with E-state index in [9.17, 15) is 9.59 Å². The number of benzene rings is 1. The first-order chi connectivity index (χ1) is 12.0. The van der Waals surface area contributed by atoms with Gasteiger partial charge >= 0.3 is 5.97 Å². The Morgan fingerprint density at radius 3 is 2.64 bits per heavy atom. The second kappa shape index (κ2) is 7.70. The van der Waals surface area contributed by atoms with Gasteiger partial charge in [0.05, 0.1) is 10.9 Å². The van der Waals surface area contributed by atoms with Crippen molar-refractivity contribution in [2.24, 2.45) is 0 Å². The van der Waals surface area contributed by atoms with Gasteiger partial charge in [-0.3, -0.25) is 4.79 Å². The van der Waals surface area contributed by atoms with Crippen LogP contribution >= 0.6 is 11.3 Å². The number of hydrogen-bond donors (Lipinski definition) is 2. The first-order valence-electron chi connectivity index (χ1n) is 8.40. The first-order valence-corrected chi connectivity index (χ1v) is 9.21. The second-order valence-electron chi connectivity index (χ2n) is 6.21. The van der Waals surface area contributed by atoms with E-state index in [0.29, 0.717) is 5.75 Å². The summed E-state index contributed by atoms with van der Waals surface area (Å²) < 4.78 is 5.11. The predicted octanol–water partition coefficient (Wildman–Crippen LogP) is 3.58. The van der Waals surface area contributed by atoms with Gasteiger partial charge in [-0.15, -0.1) is 11.3 Å². The average molecular weight is 359 g/mol. The molecule has 0 saturated heterocycles. The van der Waals surface area contributed by atoms with Crippen LogP contribution in [0.5, 0.6) is 5.75 Å². The summed E-state index contributed by atoms with van der Waals surface area (Å²) in [6, 6.07) is 8.99. The number of aliphatic carboxylic acids is 1. The highest BCUT2D eigenvalue weighted by Gasteiger charge is 2.18. The number of carboxylic acids is 1. The van der Waals surface area contributed by atoms with E-state index in [0.717, 1.165) is 23.3 Å². The highest BCUT2D eigenvalue weighted by molar-refractivity contribution is 7.14. The van der Waals surface area contributed by atoms with Crippen LogP contribution in [0, 0.1) is 0 Å². The summed E-state index contributed by atoms with van der Waals surface area (Å²) in [5.74, 6) is -0.558. The van der Waals surface area contributed by atoms with Gasteiger partial charge in [-0.05, 0) is 61.9 Å². The smallest absolute Gasteiger partial charge is 0.341 e. The molecule has 1 heterocycles. The van der Waals surface area contributed by atoms with E-state index in [1.165, 1.54) is 23.3 Å². The minimum absolute atomic E-state index is 0.0434. The summed E-state index contributed by atoms with van der Waals surface area (Å²) in [6.07, 6.45) is 4.58. The van der Waals surface area contributed by atoms with Crippen LogP contribution in [0.1, 0.15) is 51.5 Å². The molecule has 25 heavy (non-hydrogen) atoms. The number of carboxylic acid groups (broad SMARTS) is 1. The van der Waals surface area contributed by atoms with Crippen LogP contribution in [0.2, 0.25) is 0 Å². The monoisotopic (exact) mass is 359 g/mol. The van der Waals surface area contributed by atoms with Crippen molar-refractivity contribution in [2.45, 2.75) is 38.6 Å². The van der Waals surface area contributed by atoms with Crippen molar-refractivity contribution >= 4 is 23.2 Å². The molecule has 3 rings (SSSR count). The standard InChI is InChI=1S/C19H21NO4S/c1-12(13-6-8-15(9-7-13)24-11-18(21)22)20-19(23)17-10-14-4-2-3-5-16(14)25-17/h6-10,12H,2-5,11H2,1H3,(H,20,23)(H,21,22). The Morgan fingerprint density at radius 2 is 1.96 bits per heavy atom. The van der Waals surface area contributed by atoms with Gasteiger partial charge in [0.2, 0.25) is 0 Å². The molecule has 1 aromatic heterocycles. The molecule has 0 bridgehead atoms. The molecule has 6 heteroatoms. The van der Waals surface area contributed by atoms with Crippen molar-refractivity contribution in [2.75, 3.05) is 6.61 Å². The van der Waals surface area contributed by atoms with Gasteiger partial charge < -0.3 is 15.2 Å². The van der Waals surface area contributed by atoms with E-state index in [2.05, 4.69) is 5.32 Å². The van der Waals surface area contributed by atoms with Crippen LogP contribution in [0.25, 0.3) is 0 Å². The minimum Gasteiger partial charge on any atom is -0.482 e. The number of ether oxygens (including phenoxy) is 1. The largest absolute Gasteiger partial charge is 0.482 e. The number of amides is 1. The number of fused-ring (bicyclic) bond motifs is 1. The van der Waals surface area contributed by atoms with Gasteiger partial charge in [-0.1, -0.05) is 12.1 Å². The molecular weight excluding hydrogens is 338 g/mol. The Kier molecular flexibility index (Phi) is 5.38. The quantitative estimate of drug-likeness (QED) is 0.827. The van der Waals surface area contributed by atoms with Gasteiger partial charge in [0.15, 0.2) is 6.61 Å². The number of hydrogen-bond acceptors (Lipinski definition) is 4. The molecule has 0 radical (unpaired) electrons. The molecule has 5 nitrogen and oxygen atoms in total. The van der Waals surface area contributed by atoms with Crippen LogP contribution in [0.15, 0.2) is 30.3 Å². The highest BCUT2D eigenvalue weighted by atomic mass is 32.1. The molecule has 2 aromatic rings. The van der Waals surface area contributed by atoms with Gasteiger partial charge in [-0.2, -0.15) is 0 Å². The maximum atomic E-state index is 12.5. The van der Waals surface area contributed by atoms with Gasteiger partial charge in [0.1, 0.15) is 5.75 Å². The summed E-state index contributed by atoms with van der Waals surface area (Å²) in [6.45, 7) is 1.56. The molecule has 1 atom stereocenters. The number of carbonyl (C=O) groups is 2. The normalized spacial score (nSPS) is 14.4. The molecule has 0 fully saturated rings. The van der Waals surface area contributed by atoms with E-state index in [1.807, 2.05) is 25.1 Å². The summed E-state index contributed by atoms with van der Waals surface area (Å²) in [5.41, 5.74) is 2.27. The number of carbonyl (C=O) groups excluding carboxylic acids is 1. The second-order valence-corrected chi connectivity index (χ2v) is 7.35. The third-order valence-electron chi connectivity index (χ3n) is 4.31. The summed E-state index contributed by atoms with van der Waals surface area (Å²) in [5, 5.41) is 11.6. The molecule has 0 spiro atoms. The molecule has 1 aromatic carbocycles. The fourth-order valence-electron chi connectivity index (χ4n) is 2.95. The Bertz CT molecular complexity index is 743. The van der Waals surface area contributed by atoms with Crippen LogP contribution in [-0.4, -0.2) is 23.6 Å². The fourth-order valence-corrected chi connectivity index (χ4v) is 4.11. The third-order valence-corrected chi connectivity index (χ3v) is 5.55. The van der Waals surface area contributed by atoms with Crippen molar-refractivity contribution in [3.8, 4) is 5.75 Å². The number of rotatable bonds is 6. The summed E-state index contributed by atoms with van der Waals surface area (Å²) in [7, 11) is 0. The topological polar surface area (TPSA) is 75.6 Å². The van der Waals surface area contributed by atoms with Crippen molar-refractivity contribution < 1.29 is 19.4 Å². The van der Waals surface area contributed by atoms with Crippen molar-refractivity contribution in [3.05, 3.63) is 51.2 Å². The van der Waals surface area contributed by atoms with E-state index < -0.39 is 5.97 Å². The Morgan fingerprint density at radius 1 is 1.24 bits per heavy atom. The third kappa shape index (κ3) is 4.39. The lowest BCUT2D eigenvalue weighted by Crippen LogP contribution is -2.25. The van der Waals surface area contributed by atoms with Crippen molar-refractivity contribution in [1.82, 2.24) is 5.32 Å². The zero-order valence-electron chi connectivity index (χ0n) is 14.1. The number of thiophene rings is 1. The highest BCUT2D eigenvalue weighted by Crippen LogP contribution is 2.30. The molecule has 0 aliphatic heterocycles. The number of aryl methyl sites for hydroxylation is 2. The molecular formula is C19H21NO4S. The Hall–Kier alpha value is -2.34. The fraction of sp³-hybridized carbons (Fsp3) is 0.368. The van der Waals surface area contributed by atoms with Crippen LogP contribution < -0.4 is 10.1 Å². The molecule has 2 N–H and O–H groups in total. The van der Waals surface area contributed by atoms with Crippen LogP contribution in [0.3, 0.4) is 0 Å². The lowest BCUT2D eigenvalue weighted by atomic mass is 9.99. The molecule has 1 amide bonds. The maximum Gasteiger partial charge on any atom is 0.341 e. The van der Waals surface area contributed by atoms with Crippen LogP contribution in [-0.2, 0) is 17.6 Å². The minimum atomic E-state index is -1.01. The lowest BCUT2D eigenvalue weighted by molar-refractivity contribution is -0.139. The SMILES string of the molecule is CC(NC(=O)c1cc2c(s1)CCCC2)c1ccc(OCC(=O)O)cc1. The number of nitrogens with one attached hydrogen (secondary N) is 1. The van der Waals surface area contributed by atoms with E-state index >= 15 is 0 Å². The summed E-state index contributed by atoms with van der Waals surface area (Å²) in [4.78, 5) is 25.1. The van der Waals surface area contributed by atoms with Gasteiger partial charge in [0.25, 0.3) is 5.91 Å². The average Bonchev–Trinajstić information content (AvgIpc) is 3.04. The predicted molar refractivity (Wildman–Crippen MR) is 96.4 cm³/mol. The molecule has 132 valence electrons. The molecule has 1 aliphatic rings. The van der Waals surface area contributed by atoms with Crippen molar-refractivity contribution in [1.29, 1.82) is 0 Å². The molecule has 1 unspecified atom stereocenters. The molecule has 1 aliphatic carbocycles. The van der Waals surface area contributed by atoms with Crippen LogP contribution in [0.4, 0.5) is 0 Å². The lowest BCUT2D eigenvalue weighted by Gasteiger charge is -2.14. The molecule has 0 saturated carbocycles. The van der Waals surface area contributed by atoms with Gasteiger partial charge in [-0.25, -0.2) is 4.79 Å². The Balaban J connectivity index is 1.61. The first kappa shape index (κ1) is 17.5. The Labute approximate surface area is 150 Å². The van der Waals surface area contributed by atoms with E-state index in [-0.39, 0.29) is 18.6 Å². The zero-order valence-corrected chi connectivity index (χ0v) is 14.9. The summed E-state index contributed by atoms with van der Waals surface area (Å²) >= 11 is 1.60. The van der Waals surface area contributed by atoms with E-state index in [1.54, 1.807) is 23.5 Å². The van der Waals surface area contributed by atoms with E-state index in [4.69, 9.17) is 9.84 Å².